The highest BCUT2D eigenvalue weighted by atomic mass is 28.4. The fraction of sp³-hybridized carbons (Fsp3) is 1.00. The van der Waals surface area contributed by atoms with Gasteiger partial charge in [0.05, 0.1) is 0 Å². The van der Waals surface area contributed by atoms with Crippen molar-refractivity contribution in [1.29, 1.82) is 0 Å². The molecule has 0 aromatic rings. The van der Waals surface area contributed by atoms with E-state index in [0.717, 1.165) is 24.9 Å². The van der Waals surface area contributed by atoms with Crippen LogP contribution in [0.5, 0.6) is 0 Å². The minimum atomic E-state index is -2.00. The van der Waals surface area contributed by atoms with Gasteiger partial charge in [-0.3, -0.25) is 0 Å². The molecule has 3 heteroatoms. The van der Waals surface area contributed by atoms with E-state index in [2.05, 4.69) is 55.4 Å². The average Bonchev–Trinajstić information content (AvgIpc) is 2.25. The summed E-state index contributed by atoms with van der Waals surface area (Å²) in [5.41, 5.74) is 0. The van der Waals surface area contributed by atoms with Crippen molar-refractivity contribution >= 4 is 8.56 Å². The van der Waals surface area contributed by atoms with Crippen LogP contribution in [-0.2, 0) is 8.85 Å². The van der Waals surface area contributed by atoms with E-state index in [-0.39, 0.29) is 0 Å². The molecule has 0 bridgehead atoms. The van der Waals surface area contributed by atoms with Crippen LogP contribution in [0.15, 0.2) is 0 Å². The Morgan fingerprint density at radius 1 is 0.684 bits per heavy atom. The molecule has 0 fully saturated rings. The molecule has 2 unspecified atom stereocenters. The Morgan fingerprint density at radius 3 is 1.21 bits per heavy atom. The molecule has 0 aliphatic carbocycles. The minimum absolute atomic E-state index is 0.317. The summed E-state index contributed by atoms with van der Waals surface area (Å²) in [6.07, 6.45) is 2.88. The first-order valence-electron chi connectivity index (χ1n) is 8.10. The first-order valence-corrected chi connectivity index (χ1v) is 10.3. The predicted molar refractivity (Wildman–Crippen MR) is 86.7 cm³/mol. The zero-order valence-corrected chi connectivity index (χ0v) is 15.5. The quantitative estimate of drug-likeness (QED) is 0.503. The number of hydrogen-bond donors (Lipinski definition) is 0. The number of rotatable bonds is 10. The lowest BCUT2D eigenvalue weighted by Gasteiger charge is -2.35. The van der Waals surface area contributed by atoms with Gasteiger partial charge in [0.1, 0.15) is 0 Å². The molecule has 2 nitrogen and oxygen atoms in total. The molecule has 0 amide bonds. The van der Waals surface area contributed by atoms with Crippen molar-refractivity contribution in [2.45, 2.75) is 92.5 Å². The van der Waals surface area contributed by atoms with Crippen LogP contribution in [0.4, 0.5) is 0 Å². The lowest BCUT2D eigenvalue weighted by atomic mass is 10.1. The Morgan fingerprint density at radius 2 is 1.00 bits per heavy atom. The van der Waals surface area contributed by atoms with Crippen LogP contribution in [0.3, 0.4) is 0 Å². The van der Waals surface area contributed by atoms with Crippen LogP contribution in [-0.4, -0.2) is 20.8 Å². The molecule has 0 radical (unpaired) electrons. The normalized spacial score (nSPS) is 16.1. The molecule has 0 saturated carbocycles. The maximum Gasteiger partial charge on any atom is 0.338 e. The van der Waals surface area contributed by atoms with Crippen LogP contribution < -0.4 is 0 Å². The fourth-order valence-electron chi connectivity index (χ4n) is 2.77. The Kier molecular flexibility index (Phi) is 9.21. The third kappa shape index (κ3) is 8.11. The Balaban J connectivity index is 4.56. The van der Waals surface area contributed by atoms with Crippen molar-refractivity contribution in [2.24, 2.45) is 11.8 Å². The van der Waals surface area contributed by atoms with Crippen molar-refractivity contribution in [1.82, 2.24) is 0 Å². The van der Waals surface area contributed by atoms with Gasteiger partial charge in [-0.25, -0.2) is 0 Å². The molecular weight excluding hydrogens is 252 g/mol. The zero-order valence-electron chi connectivity index (χ0n) is 14.5. The third-order valence-electron chi connectivity index (χ3n) is 3.52. The second-order valence-corrected chi connectivity index (χ2v) is 10.4. The van der Waals surface area contributed by atoms with Crippen molar-refractivity contribution in [3.8, 4) is 0 Å². The standard InChI is InChI=1S/C16H36O2Si/c1-9-19(10-2,17-15(7)11-13(3)4)18-16(8)12-14(5)6/h13-16H,9-12H2,1-8H3. The first kappa shape index (κ1) is 19.1. The largest absolute Gasteiger partial charge is 0.391 e. The van der Waals surface area contributed by atoms with E-state index in [1.165, 1.54) is 0 Å². The molecule has 0 N–H and O–H groups in total. The molecule has 0 aromatic carbocycles. The van der Waals surface area contributed by atoms with Crippen LogP contribution in [0.1, 0.15) is 68.2 Å². The summed E-state index contributed by atoms with van der Waals surface area (Å²) in [6.45, 7) is 17.9. The van der Waals surface area contributed by atoms with Crippen LogP contribution in [0.25, 0.3) is 0 Å². The van der Waals surface area contributed by atoms with E-state index in [0.29, 0.717) is 24.0 Å². The highest BCUT2D eigenvalue weighted by Crippen LogP contribution is 2.26. The monoisotopic (exact) mass is 288 g/mol. The van der Waals surface area contributed by atoms with E-state index in [1.54, 1.807) is 0 Å². The highest BCUT2D eigenvalue weighted by molar-refractivity contribution is 6.67. The van der Waals surface area contributed by atoms with Crippen molar-refractivity contribution in [3.63, 3.8) is 0 Å². The average molecular weight is 289 g/mol. The van der Waals surface area contributed by atoms with Crippen molar-refractivity contribution < 1.29 is 8.85 Å². The molecule has 0 heterocycles. The summed E-state index contributed by atoms with van der Waals surface area (Å²) in [5.74, 6) is 1.37. The van der Waals surface area contributed by atoms with Crippen LogP contribution in [0.2, 0.25) is 12.1 Å². The third-order valence-corrected chi connectivity index (χ3v) is 7.33. The van der Waals surface area contributed by atoms with E-state index >= 15 is 0 Å². The summed E-state index contributed by atoms with van der Waals surface area (Å²) in [4.78, 5) is 0. The summed E-state index contributed by atoms with van der Waals surface area (Å²) < 4.78 is 12.8. The minimum Gasteiger partial charge on any atom is -0.391 e. The molecule has 116 valence electrons. The van der Waals surface area contributed by atoms with Crippen molar-refractivity contribution in [3.05, 3.63) is 0 Å². The second-order valence-electron chi connectivity index (χ2n) is 6.73. The SMILES string of the molecule is CC[Si](CC)(OC(C)CC(C)C)OC(C)CC(C)C. The van der Waals surface area contributed by atoms with Gasteiger partial charge in [-0.1, -0.05) is 41.5 Å². The van der Waals surface area contributed by atoms with Gasteiger partial charge in [-0.15, -0.1) is 0 Å². The predicted octanol–water partition coefficient (Wildman–Crippen LogP) is 5.37. The van der Waals surface area contributed by atoms with Gasteiger partial charge < -0.3 is 8.85 Å². The second kappa shape index (κ2) is 9.14. The maximum absolute atomic E-state index is 6.42. The molecule has 0 spiro atoms. The zero-order chi connectivity index (χ0) is 15.1. The van der Waals surface area contributed by atoms with Gasteiger partial charge in [-0.05, 0) is 50.6 Å². The Bertz CT molecular complexity index is 205. The molecular formula is C16H36O2Si. The molecule has 19 heavy (non-hydrogen) atoms. The van der Waals surface area contributed by atoms with Gasteiger partial charge in [-0.2, -0.15) is 0 Å². The topological polar surface area (TPSA) is 18.5 Å². The molecule has 0 saturated heterocycles. The van der Waals surface area contributed by atoms with E-state index in [4.69, 9.17) is 8.85 Å². The summed E-state index contributed by atoms with van der Waals surface area (Å²) in [5, 5.41) is 0. The van der Waals surface area contributed by atoms with Gasteiger partial charge in [0.2, 0.25) is 0 Å². The van der Waals surface area contributed by atoms with Gasteiger partial charge in [0, 0.05) is 12.2 Å². The van der Waals surface area contributed by atoms with Crippen LogP contribution in [0, 0.1) is 11.8 Å². The van der Waals surface area contributed by atoms with Crippen molar-refractivity contribution in [2.75, 3.05) is 0 Å². The smallest absolute Gasteiger partial charge is 0.338 e. The fourth-order valence-corrected chi connectivity index (χ4v) is 5.65. The molecule has 0 aromatic heterocycles. The number of hydrogen-bond acceptors (Lipinski definition) is 2. The van der Waals surface area contributed by atoms with Gasteiger partial charge in [0.15, 0.2) is 0 Å². The lowest BCUT2D eigenvalue weighted by molar-refractivity contribution is 0.0744. The summed E-state index contributed by atoms with van der Waals surface area (Å²) >= 11 is 0. The molecule has 2 atom stereocenters. The first-order chi connectivity index (χ1) is 8.74. The maximum atomic E-state index is 6.42. The van der Waals surface area contributed by atoms with Gasteiger partial charge in [0.25, 0.3) is 0 Å². The van der Waals surface area contributed by atoms with Gasteiger partial charge >= 0.3 is 8.56 Å². The van der Waals surface area contributed by atoms with E-state index in [1.807, 2.05) is 0 Å². The summed E-state index contributed by atoms with van der Waals surface area (Å²) in [7, 11) is -2.00. The highest BCUT2D eigenvalue weighted by Gasteiger charge is 2.37. The Labute approximate surface area is 122 Å². The lowest BCUT2D eigenvalue weighted by Crippen LogP contribution is -2.46. The molecule has 0 rings (SSSR count). The summed E-state index contributed by atoms with van der Waals surface area (Å²) in [6, 6.07) is 2.10. The van der Waals surface area contributed by atoms with E-state index < -0.39 is 8.56 Å². The van der Waals surface area contributed by atoms with E-state index in [9.17, 15) is 0 Å². The molecule has 0 aliphatic rings. The Hall–Kier alpha value is 0.137. The molecule has 0 aliphatic heterocycles. The van der Waals surface area contributed by atoms with Crippen LogP contribution >= 0.6 is 0 Å².